The second-order valence-corrected chi connectivity index (χ2v) is 7.44. The monoisotopic (exact) mass is 428 g/mol. The van der Waals surface area contributed by atoms with Crippen LogP contribution in [0.4, 0.5) is 5.69 Å². The number of hydrogen-bond acceptors (Lipinski definition) is 4. The van der Waals surface area contributed by atoms with Gasteiger partial charge in [0.1, 0.15) is 11.3 Å². The van der Waals surface area contributed by atoms with E-state index >= 15 is 0 Å². The number of methoxy groups -OCH3 is 1. The topological polar surface area (TPSA) is 64.4 Å². The van der Waals surface area contributed by atoms with E-state index in [1.54, 1.807) is 37.4 Å². The highest BCUT2D eigenvalue weighted by Gasteiger charge is 2.13. The van der Waals surface area contributed by atoms with Crippen molar-refractivity contribution in [3.8, 4) is 17.2 Å². The molecular formula is C25H17ClN2O3. The zero-order valence-corrected chi connectivity index (χ0v) is 17.3. The highest BCUT2D eigenvalue weighted by molar-refractivity contribution is 6.32. The van der Waals surface area contributed by atoms with E-state index in [0.717, 1.165) is 16.3 Å². The zero-order chi connectivity index (χ0) is 21.4. The summed E-state index contributed by atoms with van der Waals surface area (Å²) in [5.41, 5.74) is 3.25. The third-order valence-electron chi connectivity index (χ3n) is 5.08. The quantitative estimate of drug-likeness (QED) is 0.352. The number of hydrogen-bond donors (Lipinski definition) is 1. The highest BCUT2D eigenvalue weighted by Crippen LogP contribution is 2.32. The molecular weight excluding hydrogens is 412 g/mol. The van der Waals surface area contributed by atoms with E-state index < -0.39 is 0 Å². The van der Waals surface area contributed by atoms with E-state index in [1.165, 1.54) is 0 Å². The summed E-state index contributed by atoms with van der Waals surface area (Å²) in [6, 6.07) is 24.2. The van der Waals surface area contributed by atoms with Crippen LogP contribution in [0.1, 0.15) is 10.4 Å². The molecule has 0 saturated carbocycles. The molecule has 0 spiro atoms. The molecule has 0 aliphatic carbocycles. The van der Waals surface area contributed by atoms with E-state index in [1.807, 2.05) is 48.5 Å². The molecule has 1 N–H and O–H groups in total. The lowest BCUT2D eigenvalue weighted by molar-refractivity contribution is 0.102. The van der Waals surface area contributed by atoms with Crippen LogP contribution in [0, 0.1) is 0 Å². The molecule has 0 aliphatic rings. The molecule has 5 nitrogen and oxygen atoms in total. The number of fused-ring (bicyclic) bond motifs is 2. The summed E-state index contributed by atoms with van der Waals surface area (Å²) in [5.74, 6) is 0.846. The van der Waals surface area contributed by atoms with Gasteiger partial charge in [0.05, 0.1) is 12.1 Å². The molecule has 0 saturated heterocycles. The fourth-order valence-corrected chi connectivity index (χ4v) is 3.81. The lowest BCUT2D eigenvalue weighted by Crippen LogP contribution is -2.12. The van der Waals surface area contributed by atoms with Gasteiger partial charge in [-0.3, -0.25) is 4.79 Å². The Kier molecular flexibility index (Phi) is 4.81. The summed E-state index contributed by atoms with van der Waals surface area (Å²) in [7, 11) is 1.56. The summed E-state index contributed by atoms with van der Waals surface area (Å²) < 4.78 is 11.0. The van der Waals surface area contributed by atoms with Gasteiger partial charge in [0.25, 0.3) is 5.91 Å². The number of aromatic nitrogens is 1. The number of carbonyl (C=O) groups excluding carboxylic acids is 1. The van der Waals surface area contributed by atoms with Crippen LogP contribution in [0.15, 0.2) is 83.3 Å². The van der Waals surface area contributed by atoms with Crippen LogP contribution in [0.5, 0.6) is 5.75 Å². The number of halogens is 1. The summed E-state index contributed by atoms with van der Waals surface area (Å²) in [5, 5.41) is 5.36. The van der Waals surface area contributed by atoms with Gasteiger partial charge >= 0.3 is 0 Å². The number of carbonyl (C=O) groups is 1. The highest BCUT2D eigenvalue weighted by atomic mass is 35.5. The van der Waals surface area contributed by atoms with Crippen molar-refractivity contribution >= 4 is 45.1 Å². The van der Waals surface area contributed by atoms with Gasteiger partial charge in [0.15, 0.2) is 5.58 Å². The number of benzene rings is 4. The lowest BCUT2D eigenvalue weighted by atomic mass is 10.0. The maximum Gasteiger partial charge on any atom is 0.256 e. The molecule has 0 bridgehead atoms. The Balaban J connectivity index is 1.45. The van der Waals surface area contributed by atoms with Crippen LogP contribution in [0.3, 0.4) is 0 Å². The van der Waals surface area contributed by atoms with Gasteiger partial charge in [-0.05, 0) is 53.2 Å². The minimum absolute atomic E-state index is 0.179. The SMILES string of the molecule is COc1ccc(-c2nc3cc(NC(=O)c4cccc5ccccc45)ccc3o2)cc1Cl. The van der Waals surface area contributed by atoms with Crippen molar-refractivity contribution in [2.24, 2.45) is 0 Å². The Hall–Kier alpha value is -3.83. The molecule has 1 heterocycles. The molecule has 0 fully saturated rings. The Bertz CT molecular complexity index is 1440. The smallest absolute Gasteiger partial charge is 0.256 e. The number of amides is 1. The number of anilines is 1. The van der Waals surface area contributed by atoms with E-state index in [4.69, 9.17) is 20.8 Å². The minimum atomic E-state index is -0.179. The second kappa shape index (κ2) is 7.78. The number of ether oxygens (including phenoxy) is 1. The molecule has 6 heteroatoms. The van der Waals surface area contributed by atoms with E-state index in [2.05, 4.69) is 10.3 Å². The number of nitrogens with one attached hydrogen (secondary N) is 1. The lowest BCUT2D eigenvalue weighted by Gasteiger charge is -2.08. The Morgan fingerprint density at radius 2 is 1.84 bits per heavy atom. The fraction of sp³-hybridized carbons (Fsp3) is 0.0400. The average Bonchev–Trinajstić information content (AvgIpc) is 3.22. The molecule has 31 heavy (non-hydrogen) atoms. The molecule has 0 radical (unpaired) electrons. The van der Waals surface area contributed by atoms with Gasteiger partial charge in [-0.1, -0.05) is 48.0 Å². The second-order valence-electron chi connectivity index (χ2n) is 7.03. The third kappa shape index (κ3) is 3.60. The largest absolute Gasteiger partial charge is 0.495 e. The van der Waals surface area contributed by atoms with Crippen LogP contribution in [-0.4, -0.2) is 18.0 Å². The normalized spacial score (nSPS) is 11.0. The molecule has 1 amide bonds. The molecule has 5 rings (SSSR count). The maximum absolute atomic E-state index is 12.9. The van der Waals surface area contributed by atoms with Gasteiger partial charge in [-0.2, -0.15) is 0 Å². The van der Waals surface area contributed by atoms with Gasteiger partial charge in [-0.25, -0.2) is 4.98 Å². The first-order chi connectivity index (χ1) is 15.1. The van der Waals surface area contributed by atoms with Gasteiger partial charge < -0.3 is 14.5 Å². The molecule has 0 atom stereocenters. The molecule has 5 aromatic rings. The van der Waals surface area contributed by atoms with Crippen molar-refractivity contribution in [1.29, 1.82) is 0 Å². The standard InChI is InChI=1S/C25H17ClN2O3/c1-30-22-11-9-16(13-20(22)26)25-28-21-14-17(10-12-23(21)31-25)27-24(29)19-8-4-6-15-5-2-3-7-18(15)19/h2-14H,1H3,(H,27,29). The Morgan fingerprint density at radius 3 is 2.68 bits per heavy atom. The zero-order valence-electron chi connectivity index (χ0n) is 16.6. The number of nitrogens with zero attached hydrogens (tertiary/aromatic N) is 1. The van der Waals surface area contributed by atoms with Crippen molar-refractivity contribution in [3.63, 3.8) is 0 Å². The average molecular weight is 429 g/mol. The fourth-order valence-electron chi connectivity index (χ4n) is 3.55. The first-order valence-corrected chi connectivity index (χ1v) is 10.0. The summed E-state index contributed by atoms with van der Waals surface area (Å²) >= 11 is 6.22. The van der Waals surface area contributed by atoms with Gasteiger partial charge in [0.2, 0.25) is 5.89 Å². The molecule has 1 aromatic heterocycles. The van der Waals surface area contributed by atoms with Crippen LogP contribution in [0.25, 0.3) is 33.3 Å². The Morgan fingerprint density at radius 1 is 1.00 bits per heavy atom. The number of oxazole rings is 1. The Labute approximate surface area is 183 Å². The van der Waals surface area contributed by atoms with E-state index in [0.29, 0.717) is 39.0 Å². The van der Waals surface area contributed by atoms with Crippen molar-refractivity contribution < 1.29 is 13.9 Å². The van der Waals surface area contributed by atoms with E-state index in [9.17, 15) is 4.79 Å². The van der Waals surface area contributed by atoms with Gasteiger partial charge in [-0.15, -0.1) is 0 Å². The summed E-state index contributed by atoms with van der Waals surface area (Å²) in [6.45, 7) is 0. The number of rotatable bonds is 4. The van der Waals surface area contributed by atoms with Crippen LogP contribution in [-0.2, 0) is 0 Å². The third-order valence-corrected chi connectivity index (χ3v) is 5.37. The van der Waals surface area contributed by atoms with Crippen molar-refractivity contribution in [1.82, 2.24) is 4.98 Å². The predicted octanol–water partition coefficient (Wildman–Crippen LogP) is 6.56. The molecule has 0 unspecified atom stereocenters. The molecule has 4 aromatic carbocycles. The van der Waals surface area contributed by atoms with E-state index in [-0.39, 0.29) is 5.91 Å². The first kappa shape index (κ1) is 19.2. The van der Waals surface area contributed by atoms with Crippen molar-refractivity contribution in [3.05, 3.63) is 89.4 Å². The van der Waals surface area contributed by atoms with Crippen LogP contribution < -0.4 is 10.1 Å². The molecule has 152 valence electrons. The van der Waals surface area contributed by atoms with Crippen LogP contribution in [0.2, 0.25) is 5.02 Å². The first-order valence-electron chi connectivity index (χ1n) is 9.66. The summed E-state index contributed by atoms with van der Waals surface area (Å²) in [4.78, 5) is 17.5. The van der Waals surface area contributed by atoms with Gasteiger partial charge in [0, 0.05) is 16.8 Å². The maximum atomic E-state index is 12.9. The van der Waals surface area contributed by atoms with Crippen LogP contribution >= 0.6 is 11.6 Å². The van der Waals surface area contributed by atoms with Crippen molar-refractivity contribution in [2.75, 3.05) is 12.4 Å². The summed E-state index contributed by atoms with van der Waals surface area (Å²) in [6.07, 6.45) is 0. The van der Waals surface area contributed by atoms with Crippen molar-refractivity contribution in [2.45, 2.75) is 0 Å². The molecule has 0 aliphatic heterocycles. The predicted molar refractivity (Wildman–Crippen MR) is 123 cm³/mol. The minimum Gasteiger partial charge on any atom is -0.495 e.